The van der Waals surface area contributed by atoms with Crippen molar-refractivity contribution in [3.8, 4) is 0 Å². The van der Waals surface area contributed by atoms with Crippen molar-refractivity contribution in [2.24, 2.45) is 0 Å². The Morgan fingerprint density at radius 2 is 1.89 bits per heavy atom. The molecule has 0 radical (unpaired) electrons. The second-order valence-electron chi connectivity index (χ2n) is 2.09. The van der Waals surface area contributed by atoms with Gasteiger partial charge in [-0.15, -0.1) is 0 Å². The average molecular weight is 138 g/mol. The second kappa shape index (κ2) is 3.13. The van der Waals surface area contributed by atoms with E-state index in [1.807, 2.05) is 0 Å². The Bertz CT molecular complexity index is 81.1. The molecule has 0 aliphatic heterocycles. The van der Waals surface area contributed by atoms with E-state index in [4.69, 9.17) is 10.0 Å². The van der Waals surface area contributed by atoms with Gasteiger partial charge >= 0.3 is 7.12 Å². The summed E-state index contributed by atoms with van der Waals surface area (Å²) < 4.78 is 23.7. The predicted molar refractivity (Wildman–Crippen MR) is 30.2 cm³/mol. The predicted octanol–water partition coefficient (Wildman–Crippen LogP) is 0.504. The molecule has 0 aliphatic carbocycles. The molecule has 0 aromatic rings. The Hall–Kier alpha value is -0.155. The Balaban J connectivity index is 3.28. The second-order valence-corrected chi connectivity index (χ2v) is 2.09. The summed E-state index contributed by atoms with van der Waals surface area (Å²) in [5, 5.41) is 16.3. The van der Waals surface area contributed by atoms with Crippen LogP contribution in [0.2, 0.25) is 6.32 Å². The fourth-order valence-electron chi connectivity index (χ4n) is 0.383. The molecule has 5 heteroatoms. The van der Waals surface area contributed by atoms with Gasteiger partial charge in [-0.3, -0.25) is 0 Å². The third-order valence-corrected chi connectivity index (χ3v) is 0.842. The van der Waals surface area contributed by atoms with Gasteiger partial charge in [0.2, 0.25) is 5.92 Å². The number of rotatable bonds is 3. The number of halogens is 2. The smallest absolute Gasteiger partial charge is 0.427 e. The van der Waals surface area contributed by atoms with Crippen molar-refractivity contribution in [1.82, 2.24) is 0 Å². The van der Waals surface area contributed by atoms with E-state index < -0.39 is 19.5 Å². The zero-order valence-electron chi connectivity index (χ0n) is 5.14. The molecule has 0 rings (SSSR count). The van der Waals surface area contributed by atoms with E-state index in [0.29, 0.717) is 0 Å². The van der Waals surface area contributed by atoms with Gasteiger partial charge < -0.3 is 10.0 Å². The summed E-state index contributed by atoms with van der Waals surface area (Å²) >= 11 is 0. The molecule has 0 bridgehead atoms. The zero-order chi connectivity index (χ0) is 7.49. The van der Waals surface area contributed by atoms with Gasteiger partial charge in [0, 0.05) is 6.42 Å². The summed E-state index contributed by atoms with van der Waals surface area (Å²) in [7, 11) is -1.61. The van der Waals surface area contributed by atoms with Gasteiger partial charge in [-0.05, 0) is 13.2 Å². The van der Waals surface area contributed by atoms with E-state index in [2.05, 4.69) is 0 Å². The van der Waals surface area contributed by atoms with Crippen LogP contribution in [-0.4, -0.2) is 23.1 Å². The molecule has 0 amide bonds. The number of hydrogen-bond acceptors (Lipinski definition) is 2. The highest BCUT2D eigenvalue weighted by Crippen LogP contribution is 2.18. The van der Waals surface area contributed by atoms with Gasteiger partial charge in [-0.1, -0.05) is 0 Å². The molecule has 0 aliphatic rings. The van der Waals surface area contributed by atoms with Gasteiger partial charge in [-0.2, -0.15) is 0 Å². The lowest BCUT2D eigenvalue weighted by Crippen LogP contribution is -2.17. The molecule has 54 valence electrons. The van der Waals surface area contributed by atoms with E-state index in [-0.39, 0.29) is 6.32 Å². The topological polar surface area (TPSA) is 40.5 Å². The molecule has 0 aromatic carbocycles. The summed E-state index contributed by atoms with van der Waals surface area (Å²) in [5.74, 6) is -2.79. The Morgan fingerprint density at radius 1 is 1.44 bits per heavy atom. The van der Waals surface area contributed by atoms with E-state index >= 15 is 0 Å². The lowest BCUT2D eigenvalue weighted by Gasteiger charge is -2.07. The van der Waals surface area contributed by atoms with Gasteiger partial charge in [-0.25, -0.2) is 8.78 Å². The largest absolute Gasteiger partial charge is 0.451 e. The van der Waals surface area contributed by atoms with Gasteiger partial charge in [0.25, 0.3) is 0 Å². The molecular weight excluding hydrogens is 129 g/mol. The van der Waals surface area contributed by atoms with Crippen LogP contribution < -0.4 is 0 Å². The van der Waals surface area contributed by atoms with E-state index in [1.54, 1.807) is 0 Å². The van der Waals surface area contributed by atoms with Crippen LogP contribution in [-0.2, 0) is 0 Å². The molecule has 2 N–H and O–H groups in total. The van der Waals surface area contributed by atoms with Crippen molar-refractivity contribution in [3.63, 3.8) is 0 Å². The SMILES string of the molecule is CC(F)(F)CCB(O)O. The first kappa shape index (κ1) is 8.84. The average Bonchev–Trinajstić information content (AvgIpc) is 1.59. The standard InChI is InChI=1S/C4H9BF2O2/c1-4(6,7)2-3-5(8)9/h8-9H,2-3H2,1H3. The first-order valence-corrected chi connectivity index (χ1v) is 2.66. The molecule has 0 atom stereocenters. The molecule has 0 spiro atoms. The minimum atomic E-state index is -2.79. The lowest BCUT2D eigenvalue weighted by atomic mass is 9.83. The molecule has 0 unspecified atom stereocenters. The quantitative estimate of drug-likeness (QED) is 0.557. The maximum atomic E-state index is 11.9. The third-order valence-electron chi connectivity index (χ3n) is 0.842. The monoisotopic (exact) mass is 138 g/mol. The Morgan fingerprint density at radius 3 is 2.00 bits per heavy atom. The van der Waals surface area contributed by atoms with Gasteiger partial charge in [0.1, 0.15) is 0 Å². The van der Waals surface area contributed by atoms with Crippen LogP contribution in [0.5, 0.6) is 0 Å². The molecule has 0 fully saturated rings. The molecule has 0 saturated carbocycles. The summed E-state index contributed by atoms with van der Waals surface area (Å²) in [6, 6.07) is 0. The number of hydrogen-bond donors (Lipinski definition) is 2. The Kier molecular flexibility index (Phi) is 3.07. The fraction of sp³-hybridized carbons (Fsp3) is 1.00. The van der Waals surface area contributed by atoms with Gasteiger partial charge in [0.15, 0.2) is 0 Å². The van der Waals surface area contributed by atoms with Crippen molar-refractivity contribution in [3.05, 3.63) is 0 Å². The highest BCUT2D eigenvalue weighted by molar-refractivity contribution is 6.40. The molecule has 0 saturated heterocycles. The van der Waals surface area contributed by atoms with Crippen molar-refractivity contribution in [2.45, 2.75) is 25.6 Å². The van der Waals surface area contributed by atoms with Gasteiger partial charge in [0.05, 0.1) is 0 Å². The summed E-state index contributed by atoms with van der Waals surface area (Å²) in [6.07, 6.45) is -0.756. The lowest BCUT2D eigenvalue weighted by molar-refractivity contribution is 0.0166. The van der Waals surface area contributed by atoms with Crippen molar-refractivity contribution >= 4 is 7.12 Å². The van der Waals surface area contributed by atoms with Crippen LogP contribution >= 0.6 is 0 Å². The minimum Gasteiger partial charge on any atom is -0.427 e. The summed E-state index contributed by atoms with van der Waals surface area (Å²) in [6.45, 7) is 0.745. The first-order chi connectivity index (χ1) is 3.92. The molecule has 9 heavy (non-hydrogen) atoms. The van der Waals surface area contributed by atoms with Crippen molar-refractivity contribution in [2.75, 3.05) is 0 Å². The van der Waals surface area contributed by atoms with Crippen molar-refractivity contribution < 1.29 is 18.8 Å². The third kappa shape index (κ3) is 7.84. The molecular formula is C4H9BF2O2. The minimum absolute atomic E-state index is 0.274. The Labute approximate surface area is 52.6 Å². The molecule has 2 nitrogen and oxygen atoms in total. The van der Waals surface area contributed by atoms with E-state index in [9.17, 15) is 8.78 Å². The van der Waals surface area contributed by atoms with Crippen LogP contribution in [0.1, 0.15) is 13.3 Å². The normalized spacial score (nSPS) is 11.7. The maximum Gasteiger partial charge on any atom is 0.451 e. The first-order valence-electron chi connectivity index (χ1n) is 2.66. The van der Waals surface area contributed by atoms with Crippen LogP contribution in [0.4, 0.5) is 8.78 Å². The van der Waals surface area contributed by atoms with Crippen LogP contribution in [0.25, 0.3) is 0 Å². The maximum absolute atomic E-state index is 11.9. The molecule has 0 aromatic heterocycles. The number of alkyl halides is 2. The van der Waals surface area contributed by atoms with Crippen molar-refractivity contribution in [1.29, 1.82) is 0 Å². The summed E-state index contributed by atoms with van der Waals surface area (Å²) in [5.41, 5.74) is 0. The van der Waals surface area contributed by atoms with E-state index in [0.717, 1.165) is 6.92 Å². The van der Waals surface area contributed by atoms with Crippen LogP contribution in [0.15, 0.2) is 0 Å². The fourth-order valence-corrected chi connectivity index (χ4v) is 0.383. The highest BCUT2D eigenvalue weighted by atomic mass is 19.3. The van der Waals surface area contributed by atoms with Crippen LogP contribution in [0.3, 0.4) is 0 Å². The highest BCUT2D eigenvalue weighted by Gasteiger charge is 2.23. The summed E-state index contributed by atoms with van der Waals surface area (Å²) in [4.78, 5) is 0. The van der Waals surface area contributed by atoms with Crippen LogP contribution in [0, 0.1) is 0 Å². The zero-order valence-corrected chi connectivity index (χ0v) is 5.14. The molecule has 0 heterocycles. The van der Waals surface area contributed by atoms with E-state index in [1.165, 1.54) is 0 Å².